The van der Waals surface area contributed by atoms with Crippen LogP contribution in [0.25, 0.3) is 0 Å². The van der Waals surface area contributed by atoms with Crippen molar-refractivity contribution in [3.05, 3.63) is 29.8 Å². The van der Waals surface area contributed by atoms with Gasteiger partial charge in [-0.25, -0.2) is 0 Å². The highest BCUT2D eigenvalue weighted by molar-refractivity contribution is 9.08. The average molecular weight is 181 g/mol. The molecule has 0 aliphatic heterocycles. The van der Waals surface area contributed by atoms with E-state index in [4.69, 9.17) is 7.85 Å². The van der Waals surface area contributed by atoms with Crippen molar-refractivity contribution >= 4 is 29.2 Å². The Morgan fingerprint density at radius 2 is 2.00 bits per heavy atom. The van der Waals surface area contributed by atoms with E-state index in [1.54, 1.807) is 0 Å². The average Bonchev–Trinajstić information content (AvgIpc) is 1.89. The van der Waals surface area contributed by atoms with Crippen LogP contribution < -0.4 is 5.46 Å². The van der Waals surface area contributed by atoms with Gasteiger partial charge in [0.1, 0.15) is 7.85 Å². The van der Waals surface area contributed by atoms with Crippen LogP contribution in [0.2, 0.25) is 0 Å². The Balaban J connectivity index is 3.01. The lowest BCUT2D eigenvalue weighted by molar-refractivity contribution is 1.48. The van der Waals surface area contributed by atoms with Gasteiger partial charge in [0.15, 0.2) is 0 Å². The zero-order chi connectivity index (χ0) is 6.69. The minimum atomic E-state index is 0.833. The Labute approximate surface area is 64.8 Å². The molecule has 0 heterocycles. The summed E-state index contributed by atoms with van der Waals surface area (Å²) in [7, 11) is 5.60. The van der Waals surface area contributed by atoms with Crippen molar-refractivity contribution in [2.45, 2.75) is 5.33 Å². The van der Waals surface area contributed by atoms with E-state index in [0.29, 0.717) is 0 Å². The maximum Gasteiger partial charge on any atom is 0.114 e. The fraction of sp³-hybridized carbons (Fsp3) is 0.143. The van der Waals surface area contributed by atoms with Crippen LogP contribution in [-0.2, 0) is 5.33 Å². The van der Waals surface area contributed by atoms with Crippen molar-refractivity contribution in [2.24, 2.45) is 0 Å². The second-order valence-electron chi connectivity index (χ2n) is 1.83. The summed E-state index contributed by atoms with van der Waals surface area (Å²) in [5, 5.41) is 0.833. The third-order valence-corrected chi connectivity index (χ3v) is 1.80. The third-order valence-electron chi connectivity index (χ3n) is 1.20. The molecular weight excluding hydrogens is 175 g/mol. The van der Waals surface area contributed by atoms with Crippen LogP contribution in [0.15, 0.2) is 24.3 Å². The van der Waals surface area contributed by atoms with Crippen molar-refractivity contribution < 1.29 is 0 Å². The van der Waals surface area contributed by atoms with Crippen LogP contribution in [0.4, 0.5) is 0 Å². The molecule has 0 saturated heterocycles. The Hall–Kier alpha value is -0.235. The molecule has 0 aliphatic rings. The van der Waals surface area contributed by atoms with E-state index < -0.39 is 0 Å². The van der Waals surface area contributed by atoms with E-state index in [1.807, 2.05) is 24.3 Å². The van der Waals surface area contributed by atoms with Crippen molar-refractivity contribution in [3.8, 4) is 0 Å². The number of alkyl halides is 1. The van der Waals surface area contributed by atoms with Gasteiger partial charge in [-0.2, -0.15) is 0 Å². The van der Waals surface area contributed by atoms with E-state index in [9.17, 15) is 0 Å². The first-order valence-corrected chi connectivity index (χ1v) is 3.86. The first-order chi connectivity index (χ1) is 4.34. The summed E-state index contributed by atoms with van der Waals surface area (Å²) in [6.45, 7) is 0. The molecule has 9 heavy (non-hydrogen) atoms. The Morgan fingerprint density at radius 1 is 1.33 bits per heavy atom. The summed E-state index contributed by atoms with van der Waals surface area (Å²) in [6, 6.07) is 7.81. The Morgan fingerprint density at radius 3 is 2.44 bits per heavy atom. The molecule has 1 aromatic rings. The molecule has 0 spiro atoms. The van der Waals surface area contributed by atoms with Crippen LogP contribution in [0, 0.1) is 0 Å². The molecule has 0 amide bonds. The maximum atomic E-state index is 5.60. The highest BCUT2D eigenvalue weighted by Crippen LogP contribution is 1.99. The molecule has 0 aromatic heterocycles. The molecule has 44 valence electrons. The molecule has 0 saturated carbocycles. The van der Waals surface area contributed by atoms with Gasteiger partial charge in [-0.1, -0.05) is 45.7 Å². The van der Waals surface area contributed by atoms with E-state index in [0.717, 1.165) is 16.4 Å². The van der Waals surface area contributed by atoms with Gasteiger partial charge in [0.2, 0.25) is 0 Å². The summed E-state index contributed by atoms with van der Waals surface area (Å²) in [4.78, 5) is 0. The third kappa shape index (κ3) is 1.58. The van der Waals surface area contributed by atoms with Gasteiger partial charge >= 0.3 is 0 Å². The van der Waals surface area contributed by atoms with Gasteiger partial charge in [0.25, 0.3) is 0 Å². The molecule has 0 bridgehead atoms. The number of hydrogen-bond acceptors (Lipinski definition) is 0. The quantitative estimate of drug-likeness (QED) is 0.453. The molecule has 0 aliphatic carbocycles. The maximum absolute atomic E-state index is 5.60. The standard InChI is InChI=1S/C7H6BBr/c8-7-4-2-1-3-6(7)5-9/h1-4H,5H2. The molecule has 0 fully saturated rings. The van der Waals surface area contributed by atoms with Gasteiger partial charge < -0.3 is 0 Å². The summed E-state index contributed by atoms with van der Waals surface area (Å²) in [5.41, 5.74) is 2.01. The van der Waals surface area contributed by atoms with Gasteiger partial charge in [-0.15, -0.1) is 0 Å². The molecule has 0 unspecified atom stereocenters. The molecule has 2 radical (unpaired) electrons. The molecule has 0 nitrogen and oxygen atoms in total. The van der Waals surface area contributed by atoms with E-state index in [1.165, 1.54) is 0 Å². The molecule has 1 aromatic carbocycles. The molecular formula is C7H6BBr. The Kier molecular flexibility index (Phi) is 2.34. The van der Waals surface area contributed by atoms with E-state index in [-0.39, 0.29) is 0 Å². The second kappa shape index (κ2) is 3.07. The van der Waals surface area contributed by atoms with Crippen molar-refractivity contribution in [1.29, 1.82) is 0 Å². The fourth-order valence-corrected chi connectivity index (χ4v) is 1.17. The van der Waals surface area contributed by atoms with Crippen LogP contribution in [0.5, 0.6) is 0 Å². The lowest BCUT2D eigenvalue weighted by Crippen LogP contribution is -2.06. The van der Waals surface area contributed by atoms with Crippen molar-refractivity contribution in [1.82, 2.24) is 0 Å². The summed E-state index contributed by atoms with van der Waals surface area (Å²) >= 11 is 3.33. The minimum Gasteiger partial charge on any atom is -0.0927 e. The number of hydrogen-bond donors (Lipinski definition) is 0. The molecule has 0 atom stereocenters. The van der Waals surface area contributed by atoms with Crippen LogP contribution in [0.1, 0.15) is 5.56 Å². The SMILES string of the molecule is [B]c1ccccc1CBr. The number of halogens is 1. The van der Waals surface area contributed by atoms with Gasteiger partial charge in [0, 0.05) is 5.33 Å². The number of benzene rings is 1. The smallest absolute Gasteiger partial charge is 0.0927 e. The van der Waals surface area contributed by atoms with Crippen molar-refractivity contribution in [3.63, 3.8) is 0 Å². The van der Waals surface area contributed by atoms with Crippen LogP contribution in [-0.4, -0.2) is 7.85 Å². The fourth-order valence-electron chi connectivity index (χ4n) is 0.656. The van der Waals surface area contributed by atoms with E-state index in [2.05, 4.69) is 15.9 Å². The highest BCUT2D eigenvalue weighted by Gasteiger charge is 1.90. The second-order valence-corrected chi connectivity index (χ2v) is 2.39. The highest BCUT2D eigenvalue weighted by atomic mass is 79.9. The van der Waals surface area contributed by atoms with Crippen molar-refractivity contribution in [2.75, 3.05) is 0 Å². The predicted molar refractivity (Wildman–Crippen MR) is 44.5 cm³/mol. The summed E-state index contributed by atoms with van der Waals surface area (Å²) < 4.78 is 0. The zero-order valence-corrected chi connectivity index (χ0v) is 6.56. The molecule has 0 N–H and O–H groups in total. The predicted octanol–water partition coefficient (Wildman–Crippen LogP) is 1.38. The van der Waals surface area contributed by atoms with E-state index >= 15 is 0 Å². The topological polar surface area (TPSA) is 0 Å². The van der Waals surface area contributed by atoms with Crippen LogP contribution in [0.3, 0.4) is 0 Å². The van der Waals surface area contributed by atoms with Gasteiger partial charge in [0.05, 0.1) is 0 Å². The summed E-state index contributed by atoms with van der Waals surface area (Å²) in [5.74, 6) is 0. The molecule has 2 heteroatoms. The normalized spacial score (nSPS) is 9.44. The number of rotatable bonds is 1. The van der Waals surface area contributed by atoms with Gasteiger partial charge in [-0.05, 0) is 5.56 Å². The first kappa shape index (κ1) is 6.88. The first-order valence-electron chi connectivity index (χ1n) is 2.74. The monoisotopic (exact) mass is 180 g/mol. The Bertz CT molecular complexity index is 198. The lowest BCUT2D eigenvalue weighted by Gasteiger charge is -1.98. The lowest BCUT2D eigenvalue weighted by atomic mass is 9.92. The largest absolute Gasteiger partial charge is 0.114 e. The zero-order valence-electron chi connectivity index (χ0n) is 4.97. The van der Waals surface area contributed by atoms with Crippen LogP contribution >= 0.6 is 15.9 Å². The summed E-state index contributed by atoms with van der Waals surface area (Å²) in [6.07, 6.45) is 0. The molecule has 1 rings (SSSR count). The minimum absolute atomic E-state index is 0.833. The van der Waals surface area contributed by atoms with Gasteiger partial charge in [-0.3, -0.25) is 0 Å².